The van der Waals surface area contributed by atoms with Crippen LogP contribution in [0.1, 0.15) is 42.3 Å². The van der Waals surface area contributed by atoms with E-state index in [1.807, 2.05) is 12.1 Å². The summed E-state index contributed by atoms with van der Waals surface area (Å²) in [5.74, 6) is 0.993. The molecule has 31 heavy (non-hydrogen) atoms. The van der Waals surface area contributed by atoms with Gasteiger partial charge in [-0.2, -0.15) is 0 Å². The second kappa shape index (κ2) is 8.68. The van der Waals surface area contributed by atoms with Crippen molar-refractivity contribution in [2.45, 2.75) is 44.2 Å². The summed E-state index contributed by atoms with van der Waals surface area (Å²) < 4.78 is 38.8. The van der Waals surface area contributed by atoms with Crippen molar-refractivity contribution >= 4 is 27.5 Å². The molecule has 0 aliphatic carbocycles. The third kappa shape index (κ3) is 5.14. The molecule has 0 saturated carbocycles. The third-order valence-corrected chi connectivity index (χ3v) is 7.15. The van der Waals surface area contributed by atoms with Gasteiger partial charge in [-0.15, -0.1) is 0 Å². The number of ether oxygens (including phenoxy) is 2. The molecule has 168 valence electrons. The number of carbonyl (C=O) groups excluding carboxylic acids is 1. The quantitative estimate of drug-likeness (QED) is 0.727. The molecule has 9 heteroatoms. The number of amides is 1. The standard InChI is InChI=1S/C22H27ClN2O5S/c1-22(2,3)24-31(27,28)20-12-15(6-7-17(20)23)21(26)25-9-8-14-10-18(29-4)19(30-5)11-16(14)13-25/h6-7,10-12,24H,8-9,13H2,1-5H3. The van der Waals surface area contributed by atoms with Crippen molar-refractivity contribution in [1.82, 2.24) is 9.62 Å². The van der Waals surface area contributed by atoms with Crippen LogP contribution in [0.15, 0.2) is 35.2 Å². The third-order valence-electron chi connectivity index (χ3n) is 4.91. The Bertz CT molecular complexity index is 1110. The van der Waals surface area contributed by atoms with E-state index < -0.39 is 15.6 Å². The van der Waals surface area contributed by atoms with Gasteiger partial charge >= 0.3 is 0 Å². The average molecular weight is 467 g/mol. The van der Waals surface area contributed by atoms with Crippen LogP contribution < -0.4 is 14.2 Å². The number of nitrogens with zero attached hydrogens (tertiary/aromatic N) is 1. The summed E-state index contributed by atoms with van der Waals surface area (Å²) in [6.45, 7) is 6.11. The SMILES string of the molecule is COc1cc2c(cc1OC)CN(C(=O)c1ccc(Cl)c(S(=O)(=O)NC(C)(C)C)c1)CC2. The van der Waals surface area contributed by atoms with Gasteiger partial charge in [0.1, 0.15) is 4.90 Å². The Morgan fingerprint density at radius 1 is 1.06 bits per heavy atom. The largest absolute Gasteiger partial charge is 0.493 e. The van der Waals surface area contributed by atoms with Gasteiger partial charge in [0.2, 0.25) is 10.0 Å². The maximum atomic E-state index is 13.2. The molecule has 0 atom stereocenters. The fourth-order valence-electron chi connectivity index (χ4n) is 3.54. The predicted molar refractivity (Wildman–Crippen MR) is 120 cm³/mol. The second-order valence-electron chi connectivity index (χ2n) is 8.45. The van der Waals surface area contributed by atoms with Gasteiger partial charge < -0.3 is 14.4 Å². The number of nitrogens with one attached hydrogen (secondary N) is 1. The fourth-order valence-corrected chi connectivity index (χ4v) is 5.48. The Hall–Kier alpha value is -2.29. The zero-order chi connectivity index (χ0) is 23.0. The lowest BCUT2D eigenvalue weighted by atomic mass is 9.98. The van der Waals surface area contributed by atoms with Crippen LogP contribution in [-0.2, 0) is 23.0 Å². The Kier molecular flexibility index (Phi) is 6.55. The number of benzene rings is 2. The number of sulfonamides is 1. The van der Waals surface area contributed by atoms with Crippen LogP contribution in [-0.4, -0.2) is 45.5 Å². The van der Waals surface area contributed by atoms with Crippen LogP contribution in [0, 0.1) is 0 Å². The van der Waals surface area contributed by atoms with E-state index in [4.69, 9.17) is 21.1 Å². The van der Waals surface area contributed by atoms with Gasteiger partial charge in [0.15, 0.2) is 11.5 Å². The molecule has 2 aromatic rings. The first kappa shape index (κ1) is 23.4. The maximum Gasteiger partial charge on any atom is 0.254 e. The van der Waals surface area contributed by atoms with Gasteiger partial charge in [0.25, 0.3) is 5.91 Å². The summed E-state index contributed by atoms with van der Waals surface area (Å²) in [5, 5.41) is 0.0640. The number of hydrogen-bond donors (Lipinski definition) is 1. The summed E-state index contributed by atoms with van der Waals surface area (Å²) in [6.07, 6.45) is 0.658. The zero-order valence-corrected chi connectivity index (χ0v) is 19.9. The van der Waals surface area contributed by atoms with Crippen LogP contribution in [0.25, 0.3) is 0 Å². The highest BCUT2D eigenvalue weighted by atomic mass is 35.5. The molecule has 0 bridgehead atoms. The van der Waals surface area contributed by atoms with Crippen LogP contribution in [0.4, 0.5) is 0 Å². The molecule has 0 fully saturated rings. The van der Waals surface area contributed by atoms with Gasteiger partial charge in [-0.3, -0.25) is 4.79 Å². The minimum atomic E-state index is -3.88. The first-order valence-corrected chi connectivity index (χ1v) is 11.7. The van der Waals surface area contributed by atoms with E-state index in [0.717, 1.165) is 11.1 Å². The van der Waals surface area contributed by atoms with E-state index in [2.05, 4.69) is 4.72 Å². The number of rotatable bonds is 5. The molecule has 1 amide bonds. The first-order valence-electron chi connectivity index (χ1n) is 9.82. The molecule has 7 nitrogen and oxygen atoms in total. The maximum absolute atomic E-state index is 13.2. The number of fused-ring (bicyclic) bond motifs is 1. The smallest absolute Gasteiger partial charge is 0.254 e. The van der Waals surface area contributed by atoms with Crippen LogP contribution >= 0.6 is 11.6 Å². The van der Waals surface area contributed by atoms with E-state index in [1.165, 1.54) is 12.1 Å². The van der Waals surface area contributed by atoms with Gasteiger partial charge in [0, 0.05) is 24.2 Å². The normalized spacial score (nSPS) is 14.2. The summed E-state index contributed by atoms with van der Waals surface area (Å²) in [5.41, 5.74) is 1.64. The molecule has 2 aromatic carbocycles. The highest BCUT2D eigenvalue weighted by Gasteiger charge is 2.28. The Morgan fingerprint density at radius 3 is 2.26 bits per heavy atom. The van der Waals surface area contributed by atoms with Gasteiger partial charge in [-0.05, 0) is 68.7 Å². The second-order valence-corrected chi connectivity index (χ2v) is 10.5. The minimum absolute atomic E-state index is 0.0640. The van der Waals surface area contributed by atoms with Crippen molar-refractivity contribution in [2.24, 2.45) is 0 Å². The van der Waals surface area contributed by atoms with Crippen molar-refractivity contribution in [3.8, 4) is 11.5 Å². The monoisotopic (exact) mass is 466 g/mol. The van der Waals surface area contributed by atoms with E-state index in [9.17, 15) is 13.2 Å². The number of carbonyl (C=O) groups is 1. The van der Waals surface area contributed by atoms with Crippen molar-refractivity contribution in [3.63, 3.8) is 0 Å². The Labute approximate surface area is 188 Å². The summed E-state index contributed by atoms with van der Waals surface area (Å²) in [4.78, 5) is 14.7. The molecule has 0 spiro atoms. The highest BCUT2D eigenvalue weighted by molar-refractivity contribution is 7.89. The fraction of sp³-hybridized carbons (Fsp3) is 0.409. The molecule has 0 aromatic heterocycles. The van der Waals surface area contributed by atoms with Gasteiger partial charge in [-0.25, -0.2) is 13.1 Å². The summed E-state index contributed by atoms with van der Waals surface area (Å²) in [6, 6.07) is 8.13. The lowest BCUT2D eigenvalue weighted by molar-refractivity contribution is 0.0734. The van der Waals surface area contributed by atoms with E-state index >= 15 is 0 Å². The molecular formula is C22H27ClN2O5S. The average Bonchev–Trinajstić information content (AvgIpc) is 2.70. The Morgan fingerprint density at radius 2 is 1.68 bits per heavy atom. The van der Waals surface area contributed by atoms with Crippen LogP contribution in [0.5, 0.6) is 11.5 Å². The number of methoxy groups -OCH3 is 2. The molecule has 0 saturated heterocycles. The Balaban J connectivity index is 1.89. The molecular weight excluding hydrogens is 440 g/mol. The number of hydrogen-bond acceptors (Lipinski definition) is 5. The molecule has 0 radical (unpaired) electrons. The van der Waals surface area contributed by atoms with Gasteiger partial charge in [-0.1, -0.05) is 11.6 Å². The van der Waals surface area contributed by atoms with Crippen molar-refractivity contribution in [1.29, 1.82) is 0 Å². The predicted octanol–water partition coefficient (Wildman–Crippen LogP) is 3.63. The van der Waals surface area contributed by atoms with Crippen LogP contribution in [0.3, 0.4) is 0 Å². The highest BCUT2D eigenvalue weighted by Crippen LogP contribution is 2.34. The van der Waals surface area contributed by atoms with Crippen LogP contribution in [0.2, 0.25) is 5.02 Å². The van der Waals surface area contributed by atoms with Crippen molar-refractivity contribution < 1.29 is 22.7 Å². The molecule has 1 aliphatic rings. The molecule has 1 aliphatic heterocycles. The van der Waals surface area contributed by atoms with E-state index in [-0.39, 0.29) is 21.4 Å². The molecule has 0 unspecified atom stereocenters. The summed E-state index contributed by atoms with van der Waals surface area (Å²) >= 11 is 6.16. The minimum Gasteiger partial charge on any atom is -0.493 e. The van der Waals surface area contributed by atoms with Crippen molar-refractivity contribution in [3.05, 3.63) is 52.0 Å². The first-order chi connectivity index (χ1) is 14.4. The zero-order valence-electron chi connectivity index (χ0n) is 18.3. The lowest BCUT2D eigenvalue weighted by Gasteiger charge is -2.30. The van der Waals surface area contributed by atoms with E-state index in [0.29, 0.717) is 31.0 Å². The topological polar surface area (TPSA) is 84.9 Å². The van der Waals surface area contributed by atoms with Gasteiger partial charge in [0.05, 0.1) is 19.2 Å². The number of halogens is 1. The lowest BCUT2D eigenvalue weighted by Crippen LogP contribution is -2.40. The molecule has 3 rings (SSSR count). The van der Waals surface area contributed by atoms with Crippen molar-refractivity contribution in [2.75, 3.05) is 20.8 Å². The summed E-state index contributed by atoms with van der Waals surface area (Å²) in [7, 11) is -0.730. The van der Waals surface area contributed by atoms with E-state index in [1.54, 1.807) is 46.0 Å². The molecule has 1 N–H and O–H groups in total. The molecule has 1 heterocycles.